The molecule has 1 spiro atoms. The highest BCUT2D eigenvalue weighted by Crippen LogP contribution is 2.28. The summed E-state index contributed by atoms with van der Waals surface area (Å²) in [5.41, 5.74) is -0.0991. The van der Waals surface area contributed by atoms with Crippen molar-refractivity contribution in [2.45, 2.75) is 20.3 Å². The molecule has 5 nitrogen and oxygen atoms in total. The van der Waals surface area contributed by atoms with E-state index in [0.29, 0.717) is 19.5 Å². The van der Waals surface area contributed by atoms with Crippen molar-refractivity contribution in [1.82, 2.24) is 15.5 Å². The number of carbonyl (C=O) groups excluding carboxylic acids is 2. The Morgan fingerprint density at radius 2 is 2.18 bits per heavy atom. The first kappa shape index (κ1) is 12.4. The Kier molecular flexibility index (Phi) is 3.38. The van der Waals surface area contributed by atoms with E-state index in [9.17, 15) is 9.59 Å². The first-order chi connectivity index (χ1) is 8.02. The molecule has 2 aliphatic rings. The van der Waals surface area contributed by atoms with Gasteiger partial charge >= 0.3 is 0 Å². The highest BCUT2D eigenvalue weighted by atomic mass is 16.2. The van der Waals surface area contributed by atoms with Gasteiger partial charge in [0.2, 0.25) is 11.8 Å². The second-order valence-electron chi connectivity index (χ2n) is 5.54. The average Bonchev–Trinajstić information content (AvgIpc) is 2.51. The fourth-order valence-corrected chi connectivity index (χ4v) is 2.65. The summed E-state index contributed by atoms with van der Waals surface area (Å²) < 4.78 is 0. The molecule has 5 heteroatoms. The van der Waals surface area contributed by atoms with Crippen molar-refractivity contribution in [2.75, 3.05) is 32.7 Å². The molecule has 0 aromatic carbocycles. The van der Waals surface area contributed by atoms with Crippen LogP contribution in [0.1, 0.15) is 20.3 Å². The number of carbonyl (C=O) groups is 2. The highest BCUT2D eigenvalue weighted by Gasteiger charge is 2.41. The SMILES string of the molecule is CC(C)C(=O)N1CCNC[C@@]2(CNC(=O)C2)C1. The Morgan fingerprint density at radius 1 is 1.41 bits per heavy atom. The molecule has 2 amide bonds. The molecule has 0 aromatic rings. The third kappa shape index (κ3) is 2.60. The average molecular weight is 239 g/mol. The largest absolute Gasteiger partial charge is 0.355 e. The van der Waals surface area contributed by atoms with E-state index in [1.54, 1.807) is 0 Å². The lowest BCUT2D eigenvalue weighted by Gasteiger charge is -2.31. The van der Waals surface area contributed by atoms with Crippen molar-refractivity contribution in [2.24, 2.45) is 11.3 Å². The van der Waals surface area contributed by atoms with Crippen LogP contribution in [-0.2, 0) is 9.59 Å². The lowest BCUT2D eigenvalue weighted by atomic mass is 9.86. The van der Waals surface area contributed by atoms with Gasteiger partial charge in [-0.05, 0) is 0 Å². The van der Waals surface area contributed by atoms with Gasteiger partial charge in [-0.15, -0.1) is 0 Å². The van der Waals surface area contributed by atoms with Crippen molar-refractivity contribution in [3.05, 3.63) is 0 Å². The molecule has 2 N–H and O–H groups in total. The summed E-state index contributed by atoms with van der Waals surface area (Å²) in [6, 6.07) is 0. The maximum absolute atomic E-state index is 12.1. The molecule has 0 aromatic heterocycles. The molecule has 2 heterocycles. The molecule has 0 radical (unpaired) electrons. The van der Waals surface area contributed by atoms with Crippen molar-refractivity contribution in [1.29, 1.82) is 0 Å². The van der Waals surface area contributed by atoms with Gasteiger partial charge in [-0.1, -0.05) is 13.8 Å². The van der Waals surface area contributed by atoms with Gasteiger partial charge in [0.05, 0.1) is 0 Å². The minimum atomic E-state index is -0.0991. The Bertz CT molecular complexity index is 330. The minimum absolute atomic E-state index is 0.0233. The van der Waals surface area contributed by atoms with Gasteiger partial charge in [0, 0.05) is 50.5 Å². The van der Waals surface area contributed by atoms with Gasteiger partial charge in [-0.25, -0.2) is 0 Å². The molecule has 96 valence electrons. The van der Waals surface area contributed by atoms with E-state index < -0.39 is 0 Å². The second-order valence-corrected chi connectivity index (χ2v) is 5.54. The lowest BCUT2D eigenvalue weighted by molar-refractivity contribution is -0.135. The Morgan fingerprint density at radius 3 is 2.76 bits per heavy atom. The van der Waals surface area contributed by atoms with Crippen molar-refractivity contribution in [3.63, 3.8) is 0 Å². The summed E-state index contributed by atoms with van der Waals surface area (Å²) in [6.45, 7) is 7.59. The Hall–Kier alpha value is -1.10. The maximum atomic E-state index is 12.1. The fraction of sp³-hybridized carbons (Fsp3) is 0.833. The van der Waals surface area contributed by atoms with Crippen molar-refractivity contribution < 1.29 is 9.59 Å². The molecule has 2 saturated heterocycles. The molecule has 2 aliphatic heterocycles. The van der Waals surface area contributed by atoms with Crippen LogP contribution in [0.2, 0.25) is 0 Å². The summed E-state index contributed by atoms with van der Waals surface area (Å²) in [7, 11) is 0. The van der Waals surface area contributed by atoms with Gasteiger partial charge in [-0.2, -0.15) is 0 Å². The van der Waals surface area contributed by atoms with Gasteiger partial charge in [0.1, 0.15) is 0 Å². The number of nitrogens with one attached hydrogen (secondary N) is 2. The van der Waals surface area contributed by atoms with Crippen LogP contribution in [0.25, 0.3) is 0 Å². The van der Waals surface area contributed by atoms with Crippen LogP contribution in [0.5, 0.6) is 0 Å². The van der Waals surface area contributed by atoms with Gasteiger partial charge in [0.25, 0.3) is 0 Å². The standard InChI is InChI=1S/C12H21N3O2/c1-9(2)11(17)15-4-3-13-6-12(8-15)5-10(16)14-7-12/h9,13H,3-8H2,1-2H3,(H,14,16)/t12-/m0/s1. The second kappa shape index (κ2) is 4.64. The summed E-state index contributed by atoms with van der Waals surface area (Å²) >= 11 is 0. The van der Waals surface area contributed by atoms with E-state index in [1.165, 1.54) is 0 Å². The third-order valence-electron chi connectivity index (χ3n) is 3.59. The molecule has 17 heavy (non-hydrogen) atoms. The summed E-state index contributed by atoms with van der Waals surface area (Å²) in [5.74, 6) is 0.313. The van der Waals surface area contributed by atoms with Crippen LogP contribution in [0, 0.1) is 11.3 Å². The normalized spacial score (nSPS) is 29.6. The molecule has 0 aliphatic carbocycles. The zero-order valence-corrected chi connectivity index (χ0v) is 10.6. The summed E-state index contributed by atoms with van der Waals surface area (Å²) in [4.78, 5) is 25.4. The quantitative estimate of drug-likeness (QED) is 0.653. The van der Waals surface area contributed by atoms with Crippen LogP contribution in [0.15, 0.2) is 0 Å². The van der Waals surface area contributed by atoms with Gasteiger partial charge in [-0.3, -0.25) is 9.59 Å². The molecule has 1 atom stereocenters. The molecular weight excluding hydrogens is 218 g/mol. The lowest BCUT2D eigenvalue weighted by Crippen LogP contribution is -2.44. The fourth-order valence-electron chi connectivity index (χ4n) is 2.65. The van der Waals surface area contributed by atoms with Crippen LogP contribution >= 0.6 is 0 Å². The van der Waals surface area contributed by atoms with Crippen LogP contribution in [-0.4, -0.2) is 49.4 Å². The van der Waals surface area contributed by atoms with Gasteiger partial charge in [0.15, 0.2) is 0 Å². The highest BCUT2D eigenvalue weighted by molar-refractivity contribution is 5.80. The van der Waals surface area contributed by atoms with E-state index in [0.717, 1.165) is 19.6 Å². The Balaban J connectivity index is 2.10. The van der Waals surface area contributed by atoms with E-state index in [1.807, 2.05) is 18.7 Å². The summed E-state index contributed by atoms with van der Waals surface area (Å²) in [5, 5.41) is 6.22. The predicted octanol–water partition coefficient (Wildman–Crippen LogP) is -0.419. The number of rotatable bonds is 1. The maximum Gasteiger partial charge on any atom is 0.225 e. The minimum Gasteiger partial charge on any atom is -0.355 e. The molecule has 2 rings (SSSR count). The van der Waals surface area contributed by atoms with Gasteiger partial charge < -0.3 is 15.5 Å². The number of amides is 2. The van der Waals surface area contributed by atoms with E-state index in [2.05, 4.69) is 10.6 Å². The molecule has 0 saturated carbocycles. The molecular formula is C12H21N3O2. The monoisotopic (exact) mass is 239 g/mol. The zero-order valence-electron chi connectivity index (χ0n) is 10.6. The smallest absolute Gasteiger partial charge is 0.225 e. The van der Waals surface area contributed by atoms with Crippen LogP contribution in [0.4, 0.5) is 0 Å². The summed E-state index contributed by atoms with van der Waals surface area (Å²) in [6.07, 6.45) is 0.530. The zero-order chi connectivity index (χ0) is 12.5. The Labute approximate surface area is 102 Å². The third-order valence-corrected chi connectivity index (χ3v) is 3.59. The first-order valence-electron chi connectivity index (χ1n) is 6.29. The topological polar surface area (TPSA) is 61.4 Å². The van der Waals surface area contributed by atoms with E-state index in [4.69, 9.17) is 0 Å². The van der Waals surface area contributed by atoms with Crippen molar-refractivity contribution in [3.8, 4) is 0 Å². The van der Waals surface area contributed by atoms with E-state index >= 15 is 0 Å². The van der Waals surface area contributed by atoms with Crippen LogP contribution < -0.4 is 10.6 Å². The molecule has 0 unspecified atom stereocenters. The first-order valence-corrected chi connectivity index (χ1v) is 6.29. The van der Waals surface area contributed by atoms with Crippen molar-refractivity contribution >= 4 is 11.8 Å². The number of hydrogen-bond acceptors (Lipinski definition) is 3. The van der Waals surface area contributed by atoms with Crippen LogP contribution in [0.3, 0.4) is 0 Å². The van der Waals surface area contributed by atoms with E-state index in [-0.39, 0.29) is 23.1 Å². The molecule has 2 fully saturated rings. The molecule has 0 bridgehead atoms. The number of hydrogen-bond donors (Lipinski definition) is 2. The predicted molar refractivity (Wildman–Crippen MR) is 64.3 cm³/mol. The number of nitrogens with zero attached hydrogens (tertiary/aromatic N) is 1.